The van der Waals surface area contributed by atoms with Gasteiger partial charge in [0.15, 0.2) is 10.8 Å². The Morgan fingerprint density at radius 1 is 1.13 bits per heavy atom. The molecule has 0 saturated heterocycles. The number of alkyl halides is 3. The van der Waals surface area contributed by atoms with Crippen molar-refractivity contribution in [2.24, 2.45) is 34.2 Å². The van der Waals surface area contributed by atoms with E-state index in [0.29, 0.717) is 12.1 Å². The van der Waals surface area contributed by atoms with Gasteiger partial charge in [-0.2, -0.15) is 13.2 Å². The smallest absolute Gasteiger partial charge is 0.387 e. The highest BCUT2D eigenvalue weighted by atomic mass is 32.2. The molecule has 3 aliphatic carbocycles. The van der Waals surface area contributed by atoms with Crippen LogP contribution in [0.1, 0.15) is 44.9 Å². The van der Waals surface area contributed by atoms with Crippen LogP contribution in [0.15, 0.2) is 45.9 Å². The van der Waals surface area contributed by atoms with E-state index in [1.165, 1.54) is 50.2 Å². The first-order valence-corrected chi connectivity index (χ1v) is 14.1. The predicted molar refractivity (Wildman–Crippen MR) is 141 cm³/mol. The van der Waals surface area contributed by atoms with E-state index < -0.39 is 27.1 Å². The molecule has 0 radical (unpaired) electrons. The molecule has 1 unspecified atom stereocenters. The van der Waals surface area contributed by atoms with Crippen LogP contribution in [0.3, 0.4) is 0 Å². The number of aliphatic imine (C=N–C) groups is 1. The van der Waals surface area contributed by atoms with Crippen LogP contribution in [0.2, 0.25) is 0 Å². The molecule has 0 heterocycles. The second kappa shape index (κ2) is 11.6. The Kier molecular flexibility index (Phi) is 8.61. The standard InChI is InChI=1S/C26H35F3N6O2S/c1-35(23(15-2-3-15)16-4-5-16)19-8-11-22(17(12-19)13-30)33-14-21(25(32)36)24(31)34-18-6-9-20(10-7-18)38(37)26(27,28)29/h6-7,9-10,13-17,19,22-23,30,33H,2-5,8,11-12H2,1H3,(H2,31,34)(H2,32,36)/b21-14+,30-13?/t17-,19-,22+,38?/m1/s1. The van der Waals surface area contributed by atoms with Gasteiger partial charge in [0.25, 0.3) is 5.91 Å². The summed E-state index contributed by atoms with van der Waals surface area (Å²) in [6.45, 7) is 0. The van der Waals surface area contributed by atoms with Gasteiger partial charge in [-0.1, -0.05) is 0 Å². The number of amidine groups is 1. The Morgan fingerprint density at radius 3 is 2.24 bits per heavy atom. The number of rotatable bonds is 11. The zero-order valence-corrected chi connectivity index (χ0v) is 22.1. The third-order valence-electron chi connectivity index (χ3n) is 7.84. The molecule has 0 spiro atoms. The molecule has 12 heteroatoms. The van der Waals surface area contributed by atoms with Crippen molar-refractivity contribution in [1.29, 1.82) is 5.41 Å². The monoisotopic (exact) mass is 552 g/mol. The number of hydrogen-bond acceptors (Lipinski definition) is 6. The molecule has 38 heavy (non-hydrogen) atoms. The Hall–Kier alpha value is -2.73. The average Bonchev–Trinajstić information content (AvgIpc) is 3.80. The summed E-state index contributed by atoms with van der Waals surface area (Å²) in [6, 6.07) is 5.54. The number of hydrogen-bond donors (Lipinski definition) is 4. The normalized spacial score (nSPS) is 25.9. The highest BCUT2D eigenvalue weighted by molar-refractivity contribution is 7.86. The summed E-state index contributed by atoms with van der Waals surface area (Å²) in [5.74, 6) is 0.582. The lowest BCUT2D eigenvalue weighted by Crippen LogP contribution is -2.50. The molecule has 8 nitrogen and oxygen atoms in total. The topological polar surface area (TPSA) is 138 Å². The lowest BCUT2D eigenvalue weighted by Gasteiger charge is -2.42. The summed E-state index contributed by atoms with van der Waals surface area (Å²) in [5, 5.41) is 11.2. The maximum Gasteiger partial charge on any atom is 0.475 e. The maximum atomic E-state index is 12.7. The summed E-state index contributed by atoms with van der Waals surface area (Å²) in [7, 11) is -0.920. The van der Waals surface area contributed by atoms with Crippen LogP contribution in [0.5, 0.6) is 0 Å². The van der Waals surface area contributed by atoms with Gasteiger partial charge < -0.3 is 22.2 Å². The number of nitrogens with two attached hydrogens (primary N) is 2. The predicted octanol–water partition coefficient (Wildman–Crippen LogP) is 3.57. The lowest BCUT2D eigenvalue weighted by molar-refractivity contribution is -0.114. The molecule has 1 aromatic carbocycles. The largest absolute Gasteiger partial charge is 0.475 e. The fourth-order valence-electron chi connectivity index (χ4n) is 5.55. The van der Waals surface area contributed by atoms with Crippen molar-refractivity contribution in [2.45, 2.75) is 73.5 Å². The van der Waals surface area contributed by atoms with Crippen LogP contribution in [0, 0.1) is 23.2 Å². The number of nitrogens with one attached hydrogen (secondary N) is 2. The third-order valence-corrected chi connectivity index (χ3v) is 8.96. The Labute approximate surface area is 223 Å². The van der Waals surface area contributed by atoms with E-state index in [1.54, 1.807) is 0 Å². The van der Waals surface area contributed by atoms with E-state index in [0.717, 1.165) is 43.2 Å². The van der Waals surface area contributed by atoms with Crippen LogP contribution in [-0.4, -0.2) is 57.7 Å². The zero-order valence-electron chi connectivity index (χ0n) is 21.3. The van der Waals surface area contributed by atoms with Crippen LogP contribution >= 0.6 is 0 Å². The highest BCUT2D eigenvalue weighted by Crippen LogP contribution is 2.48. The van der Waals surface area contributed by atoms with Crippen molar-refractivity contribution in [2.75, 3.05) is 7.05 Å². The van der Waals surface area contributed by atoms with Crippen molar-refractivity contribution in [3.05, 3.63) is 36.0 Å². The lowest BCUT2D eigenvalue weighted by atomic mass is 9.81. The number of halogens is 3. The first kappa shape index (κ1) is 28.3. The molecule has 208 valence electrons. The van der Waals surface area contributed by atoms with E-state index in [1.807, 2.05) is 0 Å². The van der Waals surface area contributed by atoms with Crippen LogP contribution in [0.25, 0.3) is 0 Å². The number of carbonyl (C=O) groups excluding carboxylic acids is 1. The number of nitrogens with zero attached hydrogens (tertiary/aromatic N) is 2. The van der Waals surface area contributed by atoms with Crippen molar-refractivity contribution in [1.82, 2.24) is 10.2 Å². The molecular formula is C26H35F3N6O2S. The van der Waals surface area contributed by atoms with Gasteiger partial charge in [-0.3, -0.25) is 9.69 Å². The Bertz CT molecular complexity index is 1100. The number of benzene rings is 1. The van der Waals surface area contributed by atoms with Gasteiger partial charge >= 0.3 is 5.51 Å². The van der Waals surface area contributed by atoms with Gasteiger partial charge in [0.05, 0.1) is 11.3 Å². The van der Waals surface area contributed by atoms with Gasteiger partial charge in [0, 0.05) is 41.4 Å². The van der Waals surface area contributed by atoms with E-state index in [9.17, 15) is 22.2 Å². The second-order valence-electron chi connectivity index (χ2n) is 10.5. The Balaban J connectivity index is 1.41. The van der Waals surface area contributed by atoms with E-state index in [-0.39, 0.29) is 29.1 Å². The maximum absolute atomic E-state index is 12.7. The van der Waals surface area contributed by atoms with E-state index in [4.69, 9.17) is 16.9 Å². The molecule has 3 fully saturated rings. The molecular weight excluding hydrogens is 517 g/mol. The minimum atomic E-state index is -4.86. The van der Waals surface area contributed by atoms with E-state index in [2.05, 4.69) is 22.3 Å². The summed E-state index contributed by atoms with van der Waals surface area (Å²) in [4.78, 5) is 18.3. The Morgan fingerprint density at radius 2 is 1.74 bits per heavy atom. The molecule has 4 rings (SSSR count). The number of amides is 1. The van der Waals surface area contributed by atoms with Crippen molar-refractivity contribution in [3.63, 3.8) is 0 Å². The second-order valence-corrected chi connectivity index (χ2v) is 12.0. The average molecular weight is 553 g/mol. The summed E-state index contributed by atoms with van der Waals surface area (Å²) < 4.78 is 49.5. The molecule has 1 aromatic rings. The highest BCUT2D eigenvalue weighted by Gasteiger charge is 2.46. The van der Waals surface area contributed by atoms with Crippen molar-refractivity contribution in [3.8, 4) is 0 Å². The zero-order chi connectivity index (χ0) is 27.6. The molecule has 3 aliphatic rings. The van der Waals surface area contributed by atoms with Crippen molar-refractivity contribution >= 4 is 34.4 Å². The quantitative estimate of drug-likeness (QED) is 0.189. The molecule has 3 saturated carbocycles. The molecule has 0 bridgehead atoms. The van der Waals surface area contributed by atoms with Crippen LogP contribution in [-0.2, 0) is 15.6 Å². The molecule has 1 amide bonds. The minimum absolute atomic E-state index is 0.0270. The summed E-state index contributed by atoms with van der Waals surface area (Å²) in [6.07, 6.45) is 10.8. The van der Waals surface area contributed by atoms with Gasteiger partial charge in [0.2, 0.25) is 0 Å². The van der Waals surface area contributed by atoms with Gasteiger partial charge in [-0.25, -0.2) is 9.20 Å². The van der Waals surface area contributed by atoms with Gasteiger partial charge in [-0.15, -0.1) is 0 Å². The summed E-state index contributed by atoms with van der Waals surface area (Å²) >= 11 is 0. The molecule has 4 atom stereocenters. The van der Waals surface area contributed by atoms with Crippen LogP contribution in [0.4, 0.5) is 18.9 Å². The number of primary amides is 1. The summed E-state index contributed by atoms with van der Waals surface area (Å²) in [5.41, 5.74) is 6.78. The van der Waals surface area contributed by atoms with Crippen LogP contribution < -0.4 is 16.8 Å². The molecule has 0 aliphatic heterocycles. The SMILES string of the molecule is CN(C(C1CC1)C1CC1)[C@@H]1CC[C@H](N/C=C(/C(N)=O)C(N)=Nc2ccc(S(=O)C(F)(F)F)cc2)[C@@H](C=N)C1. The molecule has 0 aromatic heterocycles. The van der Waals surface area contributed by atoms with Gasteiger partial charge in [-0.05, 0) is 88.1 Å². The first-order valence-electron chi connectivity index (χ1n) is 12.9. The van der Waals surface area contributed by atoms with Gasteiger partial charge in [0.1, 0.15) is 5.84 Å². The number of carbonyl (C=O) groups is 1. The minimum Gasteiger partial charge on any atom is -0.387 e. The molecule has 6 N–H and O–H groups in total. The van der Waals surface area contributed by atoms with E-state index >= 15 is 0 Å². The first-order chi connectivity index (χ1) is 18.0. The fraction of sp³-hybridized carbons (Fsp3) is 0.577. The van der Waals surface area contributed by atoms with Crippen molar-refractivity contribution < 1.29 is 22.2 Å². The third kappa shape index (κ3) is 6.82. The fourth-order valence-corrected chi connectivity index (χ4v) is 6.20.